The van der Waals surface area contributed by atoms with Crippen molar-refractivity contribution < 1.29 is 9.59 Å². The van der Waals surface area contributed by atoms with Gasteiger partial charge in [-0.2, -0.15) is 0 Å². The summed E-state index contributed by atoms with van der Waals surface area (Å²) in [6.45, 7) is 12.7. The summed E-state index contributed by atoms with van der Waals surface area (Å²) in [5, 5.41) is 5.80. The molecule has 1 heterocycles. The number of amidine groups is 1. The molecule has 0 radical (unpaired) electrons. The minimum atomic E-state index is -0.728. The molecule has 188 valence electrons. The molecule has 3 rings (SSSR count). The molecule has 0 saturated carbocycles. The Morgan fingerprint density at radius 2 is 1.71 bits per heavy atom. The first kappa shape index (κ1) is 26.5. The van der Waals surface area contributed by atoms with E-state index >= 15 is 0 Å². The van der Waals surface area contributed by atoms with Crippen molar-refractivity contribution in [1.29, 1.82) is 0 Å². The molecular weight excluding hydrogens is 436 g/mol. The zero-order valence-electron chi connectivity index (χ0n) is 21.9. The van der Waals surface area contributed by atoms with Crippen molar-refractivity contribution in [2.45, 2.75) is 72.9 Å². The van der Waals surface area contributed by atoms with Crippen molar-refractivity contribution in [1.82, 2.24) is 5.32 Å². The highest BCUT2D eigenvalue weighted by Gasteiger charge is 2.39. The molecule has 2 amide bonds. The fourth-order valence-electron chi connectivity index (χ4n) is 5.03. The van der Waals surface area contributed by atoms with Crippen LogP contribution in [0.3, 0.4) is 0 Å². The van der Waals surface area contributed by atoms with E-state index in [4.69, 9.17) is 10.7 Å². The second-order valence-electron chi connectivity index (χ2n) is 10.8. The fraction of sp³-hybridized carbons (Fsp3) is 0.483. The summed E-state index contributed by atoms with van der Waals surface area (Å²) < 4.78 is 0. The number of nitrogens with two attached hydrogens (primary N) is 1. The second kappa shape index (κ2) is 11.1. The summed E-state index contributed by atoms with van der Waals surface area (Å²) in [4.78, 5) is 30.1. The van der Waals surface area contributed by atoms with Crippen LogP contribution in [0.2, 0.25) is 0 Å². The molecule has 0 bridgehead atoms. The van der Waals surface area contributed by atoms with E-state index in [0.29, 0.717) is 31.1 Å². The van der Waals surface area contributed by atoms with Crippen molar-refractivity contribution in [2.24, 2.45) is 28.5 Å². The number of benzene rings is 2. The van der Waals surface area contributed by atoms with Gasteiger partial charge in [-0.25, -0.2) is 4.79 Å². The minimum absolute atomic E-state index is 0.0447. The number of rotatable bonds is 7. The highest BCUT2D eigenvalue weighted by Crippen LogP contribution is 2.33. The van der Waals surface area contributed by atoms with Gasteiger partial charge in [-0.05, 0) is 79.8 Å². The molecular formula is C29H40N4O2. The number of aliphatic imine (C=N–C) groups is 1. The number of urea groups is 1. The van der Waals surface area contributed by atoms with Crippen LogP contribution in [-0.4, -0.2) is 23.2 Å². The standard InChI is InChI=1S/C29H40N4O2/c1-18(2)16-29(6)26(34)15-24(21(5)27(30)33-29)14-22-7-9-23(10-8-22)17-31-28(35)32-25-12-19(3)11-20(4)13-25/h7-13,18,21,24H,14-17H2,1-6H3,(H2,30,33)(H2,31,32,35)/t21-,24?,29?/m1/s1. The Kier molecular flexibility index (Phi) is 8.36. The maximum atomic E-state index is 13.1. The average molecular weight is 477 g/mol. The monoisotopic (exact) mass is 476 g/mol. The third kappa shape index (κ3) is 7.17. The number of anilines is 1. The first-order chi connectivity index (χ1) is 16.4. The molecule has 6 nitrogen and oxygen atoms in total. The number of amides is 2. The summed E-state index contributed by atoms with van der Waals surface area (Å²) in [6, 6.07) is 13.9. The first-order valence-corrected chi connectivity index (χ1v) is 12.5. The highest BCUT2D eigenvalue weighted by atomic mass is 16.2. The number of Topliss-reactive ketones (excluding diaryl/α,β-unsaturated/α-hetero) is 1. The van der Waals surface area contributed by atoms with Gasteiger partial charge in [-0.1, -0.05) is 51.1 Å². The van der Waals surface area contributed by atoms with E-state index in [2.05, 4.69) is 49.6 Å². The zero-order chi connectivity index (χ0) is 25.8. The van der Waals surface area contributed by atoms with Gasteiger partial charge in [0.1, 0.15) is 5.54 Å². The van der Waals surface area contributed by atoms with Crippen molar-refractivity contribution in [2.75, 3.05) is 5.32 Å². The smallest absolute Gasteiger partial charge is 0.319 e. The maximum absolute atomic E-state index is 13.1. The third-order valence-corrected chi connectivity index (χ3v) is 6.86. The van der Waals surface area contributed by atoms with Crippen LogP contribution in [0, 0.1) is 31.6 Å². The van der Waals surface area contributed by atoms with Gasteiger partial charge >= 0.3 is 6.03 Å². The molecule has 2 aromatic carbocycles. The van der Waals surface area contributed by atoms with Crippen LogP contribution in [0.4, 0.5) is 10.5 Å². The van der Waals surface area contributed by atoms with E-state index in [1.807, 2.05) is 45.0 Å². The topological polar surface area (TPSA) is 96.6 Å². The van der Waals surface area contributed by atoms with E-state index in [1.165, 1.54) is 0 Å². The van der Waals surface area contributed by atoms with Gasteiger partial charge in [-0.15, -0.1) is 0 Å². The molecule has 1 aliphatic heterocycles. The number of hydrogen-bond donors (Lipinski definition) is 3. The summed E-state index contributed by atoms with van der Waals surface area (Å²) in [5.41, 5.74) is 10.8. The molecule has 2 unspecified atom stereocenters. The van der Waals surface area contributed by atoms with Crippen LogP contribution in [0.5, 0.6) is 0 Å². The minimum Gasteiger partial charge on any atom is -0.387 e. The zero-order valence-corrected chi connectivity index (χ0v) is 21.9. The van der Waals surface area contributed by atoms with Gasteiger partial charge < -0.3 is 16.4 Å². The molecule has 0 spiro atoms. The van der Waals surface area contributed by atoms with Gasteiger partial charge in [0.15, 0.2) is 5.78 Å². The van der Waals surface area contributed by atoms with Gasteiger partial charge in [0.25, 0.3) is 0 Å². The molecule has 3 atom stereocenters. The maximum Gasteiger partial charge on any atom is 0.319 e. The Hall–Kier alpha value is -3.15. The van der Waals surface area contributed by atoms with Crippen LogP contribution >= 0.6 is 0 Å². The molecule has 0 aromatic heterocycles. The van der Waals surface area contributed by atoms with Gasteiger partial charge in [0.05, 0.1) is 5.84 Å². The quantitative estimate of drug-likeness (QED) is 0.488. The van der Waals surface area contributed by atoms with E-state index in [0.717, 1.165) is 34.4 Å². The predicted octanol–water partition coefficient (Wildman–Crippen LogP) is 5.55. The molecule has 1 aliphatic rings. The molecule has 2 aromatic rings. The average Bonchev–Trinajstić information content (AvgIpc) is 2.82. The Morgan fingerprint density at radius 3 is 2.31 bits per heavy atom. The number of hydrogen-bond acceptors (Lipinski definition) is 4. The first-order valence-electron chi connectivity index (χ1n) is 12.5. The second-order valence-corrected chi connectivity index (χ2v) is 10.8. The summed E-state index contributed by atoms with van der Waals surface area (Å²) in [7, 11) is 0. The van der Waals surface area contributed by atoms with Gasteiger partial charge in [0.2, 0.25) is 0 Å². The summed E-state index contributed by atoms with van der Waals surface area (Å²) in [6.07, 6.45) is 1.96. The van der Waals surface area contributed by atoms with E-state index in [9.17, 15) is 9.59 Å². The Bertz CT molecular complexity index is 1070. The lowest BCUT2D eigenvalue weighted by Gasteiger charge is -2.25. The molecule has 0 aliphatic carbocycles. The predicted molar refractivity (Wildman–Crippen MR) is 144 cm³/mol. The fourth-order valence-corrected chi connectivity index (χ4v) is 5.03. The number of carbonyl (C=O) groups is 2. The van der Waals surface area contributed by atoms with Gasteiger partial charge in [0, 0.05) is 24.6 Å². The largest absolute Gasteiger partial charge is 0.387 e. The van der Waals surface area contributed by atoms with E-state index in [-0.39, 0.29) is 23.7 Å². The van der Waals surface area contributed by atoms with Crippen LogP contribution < -0.4 is 16.4 Å². The SMILES string of the molecule is Cc1cc(C)cc(NC(=O)NCc2ccc(CC3CC(=O)C(C)(CC(C)C)N=C(N)[C@@H]3C)cc2)c1. The Labute approximate surface area is 209 Å². The normalized spacial score (nSPS) is 22.5. The van der Waals surface area contributed by atoms with Crippen molar-refractivity contribution in [3.05, 3.63) is 64.7 Å². The lowest BCUT2D eigenvalue weighted by Crippen LogP contribution is -2.36. The Morgan fingerprint density at radius 1 is 1.11 bits per heavy atom. The lowest BCUT2D eigenvalue weighted by molar-refractivity contribution is -0.124. The molecule has 4 N–H and O–H groups in total. The number of carbonyl (C=O) groups excluding carboxylic acids is 2. The molecule has 35 heavy (non-hydrogen) atoms. The van der Waals surface area contributed by atoms with E-state index < -0.39 is 5.54 Å². The number of nitrogens with zero attached hydrogens (tertiary/aromatic N) is 1. The van der Waals surface area contributed by atoms with Crippen LogP contribution in [0.1, 0.15) is 62.8 Å². The Balaban J connectivity index is 1.58. The third-order valence-electron chi connectivity index (χ3n) is 6.86. The van der Waals surface area contributed by atoms with Crippen molar-refractivity contribution in [3.63, 3.8) is 0 Å². The van der Waals surface area contributed by atoms with Crippen LogP contribution in [-0.2, 0) is 17.8 Å². The lowest BCUT2D eigenvalue weighted by atomic mass is 9.80. The number of aryl methyl sites for hydroxylation is 2. The molecule has 6 heteroatoms. The number of nitrogens with one attached hydrogen (secondary N) is 2. The summed E-state index contributed by atoms with van der Waals surface area (Å²) >= 11 is 0. The molecule has 0 saturated heterocycles. The van der Waals surface area contributed by atoms with Crippen molar-refractivity contribution in [3.8, 4) is 0 Å². The van der Waals surface area contributed by atoms with Crippen LogP contribution in [0.15, 0.2) is 47.5 Å². The summed E-state index contributed by atoms with van der Waals surface area (Å²) in [5.74, 6) is 1.30. The molecule has 0 fully saturated rings. The number of ketones is 1. The highest BCUT2D eigenvalue weighted by molar-refractivity contribution is 5.95. The van der Waals surface area contributed by atoms with Gasteiger partial charge in [-0.3, -0.25) is 9.79 Å². The van der Waals surface area contributed by atoms with Crippen molar-refractivity contribution >= 4 is 23.3 Å². The van der Waals surface area contributed by atoms with Crippen LogP contribution in [0.25, 0.3) is 0 Å². The van der Waals surface area contributed by atoms with E-state index in [1.54, 1.807) is 0 Å².